The fourth-order valence-corrected chi connectivity index (χ4v) is 6.70. The van der Waals surface area contributed by atoms with Crippen molar-refractivity contribution in [3.05, 3.63) is 112 Å². The fraction of sp³-hybridized carbons (Fsp3) is 0.265. The van der Waals surface area contributed by atoms with Gasteiger partial charge in [0.25, 0.3) is 0 Å². The number of fused-ring (bicyclic) bond motifs is 2. The maximum Gasteiger partial charge on any atom is 0.335 e. The SMILES string of the molecule is CS(=O)(=O)N1Cc2ccc(COc3cccc(-c4cc(F)c(Cc5nc6c(F)cc(C(=O)O)cc6n5C[C@@H]5CCO5)cc4F)n3)cc2C1. The second kappa shape index (κ2) is 12.3. The van der Waals surface area contributed by atoms with Crippen LogP contribution in [0.1, 0.15) is 44.9 Å². The predicted octanol–water partition coefficient (Wildman–Crippen LogP) is 5.45. The number of carboxylic acids is 1. The molecule has 0 aliphatic carbocycles. The summed E-state index contributed by atoms with van der Waals surface area (Å²) in [6, 6.07) is 14.6. The number of benzene rings is 3. The smallest absolute Gasteiger partial charge is 0.335 e. The summed E-state index contributed by atoms with van der Waals surface area (Å²) in [4.78, 5) is 20.3. The molecule has 0 unspecified atom stereocenters. The molecule has 10 nitrogen and oxygen atoms in total. The molecule has 14 heteroatoms. The number of nitrogens with zero attached hydrogens (tertiary/aromatic N) is 4. The van der Waals surface area contributed by atoms with Crippen molar-refractivity contribution in [3.8, 4) is 17.1 Å². The van der Waals surface area contributed by atoms with Crippen LogP contribution >= 0.6 is 0 Å². The summed E-state index contributed by atoms with van der Waals surface area (Å²) in [5.74, 6) is -3.19. The Balaban J connectivity index is 1.11. The van der Waals surface area contributed by atoms with Crippen LogP contribution in [0, 0.1) is 17.5 Å². The fourth-order valence-electron chi connectivity index (χ4n) is 5.96. The van der Waals surface area contributed by atoms with Gasteiger partial charge in [-0.3, -0.25) is 0 Å². The zero-order chi connectivity index (χ0) is 33.7. The highest BCUT2D eigenvalue weighted by molar-refractivity contribution is 7.88. The molecule has 3 aromatic carbocycles. The van der Waals surface area contributed by atoms with Crippen LogP contribution in [0.2, 0.25) is 0 Å². The molecule has 0 spiro atoms. The van der Waals surface area contributed by atoms with Gasteiger partial charge in [0.15, 0.2) is 5.82 Å². The Morgan fingerprint density at radius 3 is 2.52 bits per heavy atom. The lowest BCUT2D eigenvalue weighted by Gasteiger charge is -2.27. The molecule has 48 heavy (non-hydrogen) atoms. The molecule has 2 aliphatic heterocycles. The van der Waals surface area contributed by atoms with Gasteiger partial charge in [0.2, 0.25) is 15.9 Å². The highest BCUT2D eigenvalue weighted by Crippen LogP contribution is 2.30. The van der Waals surface area contributed by atoms with Crippen molar-refractivity contribution >= 4 is 27.0 Å². The molecule has 1 N–H and O–H groups in total. The van der Waals surface area contributed by atoms with E-state index < -0.39 is 33.4 Å². The number of sulfonamides is 1. The molecule has 2 aromatic heterocycles. The monoisotopic (exact) mass is 678 g/mol. The van der Waals surface area contributed by atoms with Crippen molar-refractivity contribution in [1.29, 1.82) is 0 Å². The summed E-state index contributed by atoms with van der Waals surface area (Å²) in [5.41, 5.74) is 2.55. The first kappa shape index (κ1) is 31.8. The van der Waals surface area contributed by atoms with E-state index in [1.807, 2.05) is 18.2 Å². The van der Waals surface area contributed by atoms with Crippen LogP contribution < -0.4 is 4.74 Å². The minimum atomic E-state index is -3.32. The van der Waals surface area contributed by atoms with Gasteiger partial charge in [0.1, 0.15) is 29.6 Å². The van der Waals surface area contributed by atoms with Crippen LogP contribution in [0.4, 0.5) is 13.2 Å². The van der Waals surface area contributed by atoms with Gasteiger partial charge >= 0.3 is 5.97 Å². The molecular formula is C34H29F3N4O6S. The third kappa shape index (κ3) is 6.25. The third-order valence-electron chi connectivity index (χ3n) is 8.62. The molecule has 1 atom stereocenters. The molecule has 1 fully saturated rings. The van der Waals surface area contributed by atoms with E-state index in [-0.39, 0.29) is 77.3 Å². The molecule has 248 valence electrons. The number of carboxylic acid groups (broad SMARTS) is 1. The first-order valence-electron chi connectivity index (χ1n) is 15.1. The Morgan fingerprint density at radius 1 is 1.00 bits per heavy atom. The molecular weight excluding hydrogens is 649 g/mol. The maximum atomic E-state index is 15.6. The van der Waals surface area contributed by atoms with Gasteiger partial charge < -0.3 is 19.1 Å². The van der Waals surface area contributed by atoms with Crippen LogP contribution in [0.5, 0.6) is 5.88 Å². The summed E-state index contributed by atoms with van der Waals surface area (Å²) < 4.78 is 84.3. The molecule has 0 radical (unpaired) electrons. The van der Waals surface area contributed by atoms with Gasteiger partial charge in [-0.15, -0.1) is 0 Å². The lowest BCUT2D eigenvalue weighted by molar-refractivity contribution is -0.0589. The van der Waals surface area contributed by atoms with Crippen LogP contribution in [0.3, 0.4) is 0 Å². The summed E-state index contributed by atoms with van der Waals surface area (Å²) in [6.45, 7) is 1.54. The van der Waals surface area contributed by atoms with Crippen molar-refractivity contribution in [3.63, 3.8) is 0 Å². The molecule has 0 amide bonds. The highest BCUT2D eigenvalue weighted by atomic mass is 32.2. The van der Waals surface area contributed by atoms with Crippen molar-refractivity contribution in [1.82, 2.24) is 18.8 Å². The van der Waals surface area contributed by atoms with E-state index in [1.54, 1.807) is 16.7 Å². The number of aromatic nitrogens is 3. The van der Waals surface area contributed by atoms with E-state index in [0.717, 1.165) is 41.3 Å². The van der Waals surface area contributed by atoms with Crippen molar-refractivity contribution in [2.45, 2.75) is 45.2 Å². The zero-order valence-electron chi connectivity index (χ0n) is 25.6. The van der Waals surface area contributed by atoms with Gasteiger partial charge in [-0.2, -0.15) is 4.31 Å². The summed E-state index contributed by atoms with van der Waals surface area (Å²) in [7, 11) is -3.32. The lowest BCUT2D eigenvalue weighted by Crippen LogP contribution is -2.31. The van der Waals surface area contributed by atoms with Crippen molar-refractivity contribution in [2.75, 3.05) is 12.9 Å². The van der Waals surface area contributed by atoms with Gasteiger partial charge in [-0.1, -0.05) is 24.3 Å². The van der Waals surface area contributed by atoms with Crippen LogP contribution in [0.15, 0.2) is 60.7 Å². The third-order valence-corrected chi connectivity index (χ3v) is 9.81. The van der Waals surface area contributed by atoms with Crippen LogP contribution in [-0.2, 0) is 47.4 Å². The summed E-state index contributed by atoms with van der Waals surface area (Å²) in [5, 5.41) is 9.44. The minimum Gasteiger partial charge on any atom is -0.478 e. The van der Waals surface area contributed by atoms with E-state index in [4.69, 9.17) is 9.47 Å². The maximum absolute atomic E-state index is 15.6. The molecule has 2 aliphatic rings. The number of imidazole rings is 1. The Labute approximate surface area is 273 Å². The number of hydrogen-bond acceptors (Lipinski definition) is 7. The van der Waals surface area contributed by atoms with E-state index in [0.29, 0.717) is 13.2 Å². The topological polar surface area (TPSA) is 124 Å². The first-order chi connectivity index (χ1) is 22.9. The number of pyridine rings is 1. The predicted molar refractivity (Wildman–Crippen MR) is 168 cm³/mol. The van der Waals surface area contributed by atoms with Crippen molar-refractivity contribution in [2.24, 2.45) is 0 Å². The normalized spacial score (nSPS) is 16.2. The minimum absolute atomic E-state index is 0.0281. The Morgan fingerprint density at radius 2 is 1.79 bits per heavy atom. The Hall–Kier alpha value is -4.79. The standard InChI is InChI=1S/C34H29F3N4O6S/c1-48(44,45)40-15-20-6-5-19(9-23(20)16-40)18-47-32-4-2-3-29(38-32)25-14-26(35)21(10-27(25)36)13-31-39-33-28(37)11-22(34(42)43)12-30(33)41(31)17-24-7-8-46-24/h2-6,9-12,14,24H,7-8,13,15-18H2,1H3,(H,42,43)/t24-/m0/s1. The summed E-state index contributed by atoms with van der Waals surface area (Å²) >= 11 is 0. The molecule has 1 saturated heterocycles. The van der Waals surface area contributed by atoms with Crippen molar-refractivity contribution < 1.29 is 41.0 Å². The van der Waals surface area contributed by atoms with Gasteiger partial charge in [0, 0.05) is 37.7 Å². The molecule has 4 heterocycles. The molecule has 5 aromatic rings. The molecule has 0 saturated carbocycles. The average molecular weight is 679 g/mol. The van der Waals surface area contributed by atoms with Gasteiger partial charge in [0.05, 0.1) is 35.7 Å². The first-order valence-corrected chi connectivity index (χ1v) is 17.0. The number of rotatable bonds is 10. The average Bonchev–Trinajstić information content (AvgIpc) is 3.61. The highest BCUT2D eigenvalue weighted by Gasteiger charge is 2.27. The van der Waals surface area contributed by atoms with E-state index in [9.17, 15) is 22.7 Å². The van der Waals surface area contributed by atoms with E-state index in [2.05, 4.69) is 9.97 Å². The zero-order valence-corrected chi connectivity index (χ0v) is 26.4. The largest absolute Gasteiger partial charge is 0.478 e. The second-order valence-electron chi connectivity index (χ2n) is 11.9. The lowest BCUT2D eigenvalue weighted by atomic mass is 10.0. The number of halogens is 3. The number of ether oxygens (including phenoxy) is 2. The quantitative estimate of drug-likeness (QED) is 0.207. The van der Waals surface area contributed by atoms with Crippen LogP contribution in [-0.4, -0.2) is 57.3 Å². The van der Waals surface area contributed by atoms with Crippen LogP contribution in [0.25, 0.3) is 22.3 Å². The van der Waals surface area contributed by atoms with Gasteiger partial charge in [-0.25, -0.2) is 36.4 Å². The molecule has 7 rings (SSSR count). The number of carbonyl (C=O) groups is 1. The van der Waals surface area contributed by atoms with E-state index in [1.165, 1.54) is 22.7 Å². The van der Waals surface area contributed by atoms with E-state index >= 15 is 8.78 Å². The molecule has 0 bridgehead atoms. The Bertz CT molecular complexity index is 2200. The second-order valence-corrected chi connectivity index (χ2v) is 13.9. The van der Waals surface area contributed by atoms with Gasteiger partial charge in [-0.05, 0) is 59.0 Å². The number of aromatic carboxylic acids is 1. The Kier molecular flexibility index (Phi) is 8.17. The number of hydrogen-bond donors (Lipinski definition) is 1. The summed E-state index contributed by atoms with van der Waals surface area (Å²) in [6.07, 6.45) is 1.53.